The largest absolute Gasteiger partial charge is 0.494 e. The smallest absolute Gasteiger partial charge is 0.330 e. The van der Waals surface area contributed by atoms with E-state index in [0.717, 1.165) is 50.2 Å². The highest BCUT2D eigenvalue weighted by atomic mass is 28.4. The zero-order valence-corrected chi connectivity index (χ0v) is 30.3. The van der Waals surface area contributed by atoms with Gasteiger partial charge in [-0.25, -0.2) is 4.79 Å². The van der Waals surface area contributed by atoms with Gasteiger partial charge in [0.1, 0.15) is 11.5 Å². The molecule has 0 amide bonds. The van der Waals surface area contributed by atoms with Gasteiger partial charge >= 0.3 is 5.97 Å². The van der Waals surface area contributed by atoms with Gasteiger partial charge in [0.2, 0.25) is 0 Å². The standard InChI is InChI=1S/C36H66O4Si2/c1-7-9-10-11-12-13-14-15-18-22-31-41(3,4)33-42(5,6)32-23-21-29-39-35-26-24-34(25-27-35)38-28-19-16-17-20-30-40-36(37)8-2/h8,24-27H,2,7,9-23,28-33H2,1,3-6H3. The molecule has 0 aromatic heterocycles. The first-order chi connectivity index (χ1) is 20.2. The molecule has 1 aromatic rings. The van der Waals surface area contributed by atoms with Crippen molar-refractivity contribution in [1.82, 2.24) is 0 Å². The van der Waals surface area contributed by atoms with Gasteiger partial charge < -0.3 is 14.2 Å². The molecule has 0 aliphatic carbocycles. The Labute approximate surface area is 262 Å². The second kappa shape index (κ2) is 23.9. The van der Waals surface area contributed by atoms with Crippen molar-refractivity contribution in [2.45, 2.75) is 154 Å². The third-order valence-corrected chi connectivity index (χ3v) is 19.3. The van der Waals surface area contributed by atoms with Crippen LogP contribution in [-0.4, -0.2) is 41.9 Å². The van der Waals surface area contributed by atoms with Crippen LogP contribution < -0.4 is 9.47 Å². The van der Waals surface area contributed by atoms with E-state index in [9.17, 15) is 4.79 Å². The molecule has 0 bridgehead atoms. The molecule has 0 saturated carbocycles. The Hall–Kier alpha value is -1.54. The van der Waals surface area contributed by atoms with Gasteiger partial charge in [0.05, 0.1) is 19.8 Å². The van der Waals surface area contributed by atoms with E-state index in [1.54, 1.807) is 5.67 Å². The minimum atomic E-state index is -1.14. The summed E-state index contributed by atoms with van der Waals surface area (Å²) in [5.74, 6) is 1.47. The monoisotopic (exact) mass is 618 g/mol. The van der Waals surface area contributed by atoms with Crippen molar-refractivity contribution in [3.63, 3.8) is 0 Å². The normalized spacial score (nSPS) is 11.8. The molecule has 0 unspecified atom stereocenters. The third kappa shape index (κ3) is 22.1. The highest BCUT2D eigenvalue weighted by Crippen LogP contribution is 2.29. The molecule has 0 aliphatic heterocycles. The predicted octanol–water partition coefficient (Wildman–Crippen LogP) is 11.4. The lowest BCUT2D eigenvalue weighted by Crippen LogP contribution is -2.39. The molecule has 1 rings (SSSR count). The number of unbranched alkanes of at least 4 members (excludes halogenated alkanes) is 13. The van der Waals surface area contributed by atoms with Crippen LogP contribution in [0.1, 0.15) is 110 Å². The van der Waals surface area contributed by atoms with Crippen LogP contribution in [-0.2, 0) is 9.53 Å². The zero-order valence-electron chi connectivity index (χ0n) is 28.3. The summed E-state index contributed by atoms with van der Waals surface area (Å²) >= 11 is 0. The maximum absolute atomic E-state index is 11.0. The first kappa shape index (κ1) is 38.5. The molecule has 1 aromatic carbocycles. The average molecular weight is 619 g/mol. The molecule has 0 N–H and O–H groups in total. The van der Waals surface area contributed by atoms with Gasteiger partial charge in [0, 0.05) is 22.2 Å². The molecular formula is C36H66O4Si2. The third-order valence-electron chi connectivity index (χ3n) is 8.22. The van der Waals surface area contributed by atoms with Gasteiger partial charge in [-0.1, -0.05) is 128 Å². The summed E-state index contributed by atoms with van der Waals surface area (Å²) in [6.07, 6.45) is 22.0. The maximum Gasteiger partial charge on any atom is 0.330 e. The van der Waals surface area contributed by atoms with Gasteiger partial charge in [-0.15, -0.1) is 0 Å². The van der Waals surface area contributed by atoms with Gasteiger partial charge in [0.15, 0.2) is 0 Å². The Morgan fingerprint density at radius 3 is 1.48 bits per heavy atom. The van der Waals surface area contributed by atoms with E-state index in [0.29, 0.717) is 13.2 Å². The molecule has 242 valence electrons. The SMILES string of the molecule is C=CC(=O)OCCCCCCOc1ccc(OCCCC[Si](C)(C)C[Si](C)(C)CCCCCCCCCCCC)cc1. The highest BCUT2D eigenvalue weighted by Gasteiger charge is 2.31. The number of hydrogen-bond donors (Lipinski definition) is 0. The van der Waals surface area contributed by atoms with E-state index in [1.807, 2.05) is 24.3 Å². The molecule has 0 heterocycles. The molecular weight excluding hydrogens is 553 g/mol. The van der Waals surface area contributed by atoms with Gasteiger partial charge in [-0.2, -0.15) is 0 Å². The van der Waals surface area contributed by atoms with Crippen molar-refractivity contribution in [2.75, 3.05) is 19.8 Å². The quantitative estimate of drug-likeness (QED) is 0.0405. The molecule has 0 radical (unpaired) electrons. The minimum absolute atomic E-state index is 0.345. The summed E-state index contributed by atoms with van der Waals surface area (Å²) in [6.45, 7) is 18.2. The van der Waals surface area contributed by atoms with Gasteiger partial charge in [-0.05, 0) is 56.4 Å². The summed E-state index contributed by atoms with van der Waals surface area (Å²) in [7, 11) is -2.22. The zero-order chi connectivity index (χ0) is 30.9. The fourth-order valence-electron chi connectivity index (χ4n) is 6.07. The molecule has 0 atom stereocenters. The van der Waals surface area contributed by atoms with E-state index in [-0.39, 0.29) is 5.97 Å². The maximum atomic E-state index is 11.0. The number of esters is 1. The Bertz CT molecular complexity index is 807. The molecule has 4 nitrogen and oxygen atoms in total. The van der Waals surface area contributed by atoms with Crippen LogP contribution in [0, 0.1) is 0 Å². The summed E-state index contributed by atoms with van der Waals surface area (Å²) in [4.78, 5) is 11.0. The van der Waals surface area contributed by atoms with Crippen molar-refractivity contribution in [3.05, 3.63) is 36.9 Å². The highest BCUT2D eigenvalue weighted by molar-refractivity contribution is 6.95. The Kier molecular flexibility index (Phi) is 21.9. The molecule has 0 spiro atoms. The summed E-state index contributed by atoms with van der Waals surface area (Å²) in [6, 6.07) is 11.0. The molecule has 0 aliphatic rings. The van der Waals surface area contributed by atoms with Crippen molar-refractivity contribution in [2.24, 2.45) is 0 Å². The van der Waals surface area contributed by atoms with Crippen molar-refractivity contribution >= 4 is 22.1 Å². The van der Waals surface area contributed by atoms with E-state index >= 15 is 0 Å². The lowest BCUT2D eigenvalue weighted by atomic mass is 10.1. The Balaban J connectivity index is 2.09. The lowest BCUT2D eigenvalue weighted by Gasteiger charge is -2.32. The average Bonchev–Trinajstić information content (AvgIpc) is 2.95. The van der Waals surface area contributed by atoms with Crippen LogP contribution in [0.25, 0.3) is 0 Å². The number of carbonyl (C=O) groups excluding carboxylic acids is 1. The van der Waals surface area contributed by atoms with Gasteiger partial charge in [-0.3, -0.25) is 0 Å². The number of ether oxygens (including phenoxy) is 3. The summed E-state index contributed by atoms with van der Waals surface area (Å²) < 4.78 is 16.9. The van der Waals surface area contributed by atoms with Crippen LogP contribution in [0.2, 0.25) is 43.9 Å². The van der Waals surface area contributed by atoms with Crippen LogP contribution in [0.15, 0.2) is 36.9 Å². The van der Waals surface area contributed by atoms with Crippen LogP contribution in [0.3, 0.4) is 0 Å². The molecule has 0 fully saturated rings. The van der Waals surface area contributed by atoms with Crippen molar-refractivity contribution < 1.29 is 19.0 Å². The number of hydrogen-bond acceptors (Lipinski definition) is 4. The lowest BCUT2D eigenvalue weighted by molar-refractivity contribution is -0.137. The number of rotatable bonds is 28. The fourth-order valence-corrected chi connectivity index (χ4v) is 20.3. The Morgan fingerprint density at radius 1 is 0.619 bits per heavy atom. The summed E-state index contributed by atoms with van der Waals surface area (Å²) in [5.41, 5.74) is 1.57. The number of benzene rings is 1. The summed E-state index contributed by atoms with van der Waals surface area (Å²) in [5, 5.41) is 0. The van der Waals surface area contributed by atoms with Gasteiger partial charge in [0.25, 0.3) is 0 Å². The first-order valence-corrected chi connectivity index (χ1v) is 24.2. The predicted molar refractivity (Wildman–Crippen MR) is 188 cm³/mol. The first-order valence-electron chi connectivity index (χ1n) is 17.3. The van der Waals surface area contributed by atoms with E-state index in [2.05, 4.69) is 39.7 Å². The second-order valence-corrected chi connectivity index (χ2v) is 24.9. The van der Waals surface area contributed by atoms with E-state index in [1.165, 1.54) is 88.8 Å². The van der Waals surface area contributed by atoms with Crippen molar-refractivity contribution in [3.8, 4) is 11.5 Å². The fraction of sp³-hybridized carbons (Fsp3) is 0.750. The number of carbonyl (C=O) groups is 1. The van der Waals surface area contributed by atoms with E-state index in [4.69, 9.17) is 14.2 Å². The Morgan fingerprint density at radius 2 is 1.00 bits per heavy atom. The second-order valence-electron chi connectivity index (χ2n) is 13.8. The van der Waals surface area contributed by atoms with Crippen LogP contribution in [0.4, 0.5) is 0 Å². The minimum Gasteiger partial charge on any atom is -0.494 e. The van der Waals surface area contributed by atoms with Crippen LogP contribution in [0.5, 0.6) is 11.5 Å². The van der Waals surface area contributed by atoms with Crippen LogP contribution >= 0.6 is 0 Å². The van der Waals surface area contributed by atoms with Crippen molar-refractivity contribution in [1.29, 1.82) is 0 Å². The van der Waals surface area contributed by atoms with E-state index < -0.39 is 16.1 Å². The molecule has 42 heavy (non-hydrogen) atoms. The molecule has 6 heteroatoms. The topological polar surface area (TPSA) is 44.8 Å². The molecule has 0 saturated heterocycles.